The number of ether oxygens (including phenoxy) is 2. The summed E-state index contributed by atoms with van der Waals surface area (Å²) in [4.78, 5) is 25.2. The van der Waals surface area contributed by atoms with Gasteiger partial charge in [-0.1, -0.05) is 6.07 Å². The maximum atomic E-state index is 12.6. The average molecular weight is 570 g/mol. The third-order valence-electron chi connectivity index (χ3n) is 7.41. The number of halogens is 3. The van der Waals surface area contributed by atoms with E-state index in [-0.39, 0.29) is 17.5 Å². The van der Waals surface area contributed by atoms with Gasteiger partial charge in [0.15, 0.2) is 11.5 Å². The van der Waals surface area contributed by atoms with Crippen LogP contribution in [0.25, 0.3) is 0 Å². The summed E-state index contributed by atoms with van der Waals surface area (Å²) in [5, 5.41) is 13.3. The van der Waals surface area contributed by atoms with Crippen molar-refractivity contribution in [1.82, 2.24) is 10.2 Å². The van der Waals surface area contributed by atoms with Gasteiger partial charge in [0.2, 0.25) is 0 Å². The fraction of sp³-hybridized carbons (Fsp3) is 0.481. The molecule has 0 spiro atoms. The van der Waals surface area contributed by atoms with Gasteiger partial charge in [-0.05, 0) is 87.5 Å². The molecule has 2 aromatic carbocycles. The molecule has 4 rings (SSSR count). The molecule has 2 fully saturated rings. The molecule has 3 N–H and O–H groups in total. The topological polar surface area (TPSA) is 100 Å². The number of amides is 2. The van der Waals surface area contributed by atoms with Crippen LogP contribution in [0.3, 0.4) is 0 Å². The third kappa shape index (κ3) is 7.30. The highest BCUT2D eigenvalue weighted by molar-refractivity contribution is 7.98. The molecule has 214 valence electrons. The van der Waals surface area contributed by atoms with E-state index in [1.54, 1.807) is 26.0 Å². The number of hydrogen-bond acceptors (Lipinski definition) is 6. The highest BCUT2D eigenvalue weighted by Gasteiger charge is 2.50. The Kier molecular flexibility index (Phi) is 10.0. The first-order chi connectivity index (χ1) is 18.4. The fourth-order valence-corrected chi connectivity index (χ4v) is 5.83. The molecule has 2 aromatic rings. The molecular formula is C27H34F3N3O5S. The van der Waals surface area contributed by atoms with E-state index in [1.165, 1.54) is 10.5 Å². The Hall–Kier alpha value is -3.12. The van der Waals surface area contributed by atoms with Crippen molar-refractivity contribution in [2.24, 2.45) is 0 Å². The van der Waals surface area contributed by atoms with Crippen molar-refractivity contribution >= 4 is 29.4 Å². The van der Waals surface area contributed by atoms with E-state index in [0.717, 1.165) is 49.4 Å². The molecule has 0 bridgehead atoms. The summed E-state index contributed by atoms with van der Waals surface area (Å²) in [6.07, 6.45) is 0.997. The van der Waals surface area contributed by atoms with Crippen LogP contribution in [0, 0.1) is 0 Å². The highest BCUT2D eigenvalue weighted by atomic mass is 32.2. The molecule has 12 heteroatoms. The number of carboxylic acid groups (broad SMARTS) is 1. The zero-order valence-corrected chi connectivity index (χ0v) is 23.1. The van der Waals surface area contributed by atoms with Crippen molar-refractivity contribution in [3.05, 3.63) is 48.0 Å². The van der Waals surface area contributed by atoms with Crippen molar-refractivity contribution in [2.45, 2.75) is 54.3 Å². The fourth-order valence-electron chi connectivity index (χ4n) is 5.42. The number of nitrogens with zero attached hydrogens (tertiary/aromatic N) is 1. The molecule has 3 atom stereocenters. The molecular weight excluding hydrogens is 535 g/mol. The first kappa shape index (κ1) is 30.4. The van der Waals surface area contributed by atoms with Crippen LogP contribution in [0.1, 0.15) is 31.2 Å². The van der Waals surface area contributed by atoms with Crippen LogP contribution in [0.5, 0.6) is 11.5 Å². The van der Waals surface area contributed by atoms with Gasteiger partial charge in [0.25, 0.3) is 0 Å². The minimum Gasteiger partial charge on any atom is -0.493 e. The summed E-state index contributed by atoms with van der Waals surface area (Å²) in [7, 11) is 5.55. The minimum atomic E-state index is -5.08. The summed E-state index contributed by atoms with van der Waals surface area (Å²) in [5.41, 5.74) is 2.20. The second-order valence-electron chi connectivity index (χ2n) is 9.57. The molecule has 39 heavy (non-hydrogen) atoms. The molecule has 1 saturated heterocycles. The zero-order valence-electron chi connectivity index (χ0n) is 22.3. The molecule has 1 aliphatic carbocycles. The second-order valence-corrected chi connectivity index (χ2v) is 10.5. The quantitative estimate of drug-likeness (QED) is 0.402. The molecule has 1 heterocycles. The van der Waals surface area contributed by atoms with E-state index in [4.69, 9.17) is 19.4 Å². The summed E-state index contributed by atoms with van der Waals surface area (Å²) < 4.78 is 42.8. The van der Waals surface area contributed by atoms with Crippen LogP contribution in [0.4, 0.5) is 23.7 Å². The summed E-state index contributed by atoms with van der Waals surface area (Å²) in [5.74, 6) is -1.22. The molecule has 8 nitrogen and oxygen atoms in total. The Balaban J connectivity index is 0.000000532. The third-order valence-corrected chi connectivity index (χ3v) is 8.15. The van der Waals surface area contributed by atoms with E-state index in [1.807, 2.05) is 36.6 Å². The summed E-state index contributed by atoms with van der Waals surface area (Å²) >= 11 is 1.69. The molecule has 1 aliphatic heterocycles. The maximum Gasteiger partial charge on any atom is 0.490 e. The van der Waals surface area contributed by atoms with Gasteiger partial charge in [-0.2, -0.15) is 13.2 Å². The Bertz CT molecular complexity index is 1150. The number of carbonyl (C=O) groups excluding carboxylic acids is 1. The largest absolute Gasteiger partial charge is 0.493 e. The van der Waals surface area contributed by atoms with Gasteiger partial charge >= 0.3 is 18.2 Å². The van der Waals surface area contributed by atoms with Crippen LogP contribution in [0.2, 0.25) is 0 Å². The van der Waals surface area contributed by atoms with Crippen molar-refractivity contribution in [3.8, 4) is 11.5 Å². The van der Waals surface area contributed by atoms with Crippen LogP contribution in [-0.4, -0.2) is 74.3 Å². The van der Waals surface area contributed by atoms with Crippen molar-refractivity contribution in [2.75, 3.05) is 39.4 Å². The van der Waals surface area contributed by atoms with Crippen LogP contribution in [0.15, 0.2) is 47.4 Å². The number of aliphatic carboxylic acids is 1. The van der Waals surface area contributed by atoms with Crippen molar-refractivity contribution in [3.63, 3.8) is 0 Å². The summed E-state index contributed by atoms with van der Waals surface area (Å²) in [6.45, 7) is 1.06. The molecule has 2 amide bonds. The first-order valence-electron chi connectivity index (χ1n) is 12.4. The van der Waals surface area contributed by atoms with E-state index < -0.39 is 12.1 Å². The molecule has 2 aliphatic rings. The zero-order chi connectivity index (χ0) is 28.8. The molecule has 0 radical (unpaired) electrons. The number of urea groups is 1. The van der Waals surface area contributed by atoms with Gasteiger partial charge in [-0.25, -0.2) is 9.59 Å². The van der Waals surface area contributed by atoms with Gasteiger partial charge in [0, 0.05) is 28.1 Å². The van der Waals surface area contributed by atoms with Gasteiger partial charge in [-0.3, -0.25) is 0 Å². The number of likely N-dealkylation sites (N-methyl/N-ethyl adjacent to an activating group) is 1. The summed E-state index contributed by atoms with van der Waals surface area (Å²) in [6, 6.07) is 14.7. The van der Waals surface area contributed by atoms with E-state index >= 15 is 0 Å². The number of benzene rings is 2. The van der Waals surface area contributed by atoms with Gasteiger partial charge < -0.3 is 30.1 Å². The molecule has 0 unspecified atom stereocenters. The predicted molar refractivity (Wildman–Crippen MR) is 144 cm³/mol. The number of fused-ring (bicyclic) bond motifs is 1. The smallest absolute Gasteiger partial charge is 0.490 e. The monoisotopic (exact) mass is 569 g/mol. The number of carboxylic acids is 1. The standard InChI is InChI=1S/C25H33N3O3S.C2HF3O2/c1-28-14-13-25(17-5-10-21(30-2)22(15-17)31-3)12-11-19(16-23(25)28)27-24(29)26-18-6-8-20(32-4)9-7-18;3-2(4,5)1(6)7/h5-10,15,19,23H,11-14,16H2,1-4H3,(H2,26,27,29);(H,6,7)/t19-,23+,25+;/m1./s1. The number of alkyl halides is 3. The lowest BCUT2D eigenvalue weighted by atomic mass is 9.65. The number of nitrogens with one attached hydrogen (secondary N) is 2. The molecule has 0 aromatic heterocycles. The van der Waals surface area contributed by atoms with Crippen LogP contribution in [-0.2, 0) is 10.2 Å². The van der Waals surface area contributed by atoms with Crippen LogP contribution >= 0.6 is 11.8 Å². The van der Waals surface area contributed by atoms with E-state index in [0.29, 0.717) is 6.04 Å². The average Bonchev–Trinajstić information content (AvgIpc) is 3.25. The van der Waals surface area contributed by atoms with E-state index in [2.05, 4.69) is 34.7 Å². The van der Waals surface area contributed by atoms with Crippen molar-refractivity contribution < 1.29 is 37.3 Å². The van der Waals surface area contributed by atoms with Crippen LogP contribution < -0.4 is 20.1 Å². The number of thioether (sulfide) groups is 1. The minimum absolute atomic E-state index is 0.0800. The predicted octanol–water partition coefficient (Wildman–Crippen LogP) is 5.38. The Morgan fingerprint density at radius 3 is 2.28 bits per heavy atom. The highest BCUT2D eigenvalue weighted by Crippen LogP contribution is 2.49. The Morgan fingerprint density at radius 1 is 1.08 bits per heavy atom. The lowest BCUT2D eigenvalue weighted by Gasteiger charge is -2.45. The first-order valence-corrected chi connectivity index (χ1v) is 13.6. The Morgan fingerprint density at radius 2 is 1.72 bits per heavy atom. The maximum absolute atomic E-state index is 12.6. The second kappa shape index (κ2) is 12.8. The number of carbonyl (C=O) groups is 2. The number of rotatable bonds is 6. The Labute approximate surface area is 230 Å². The number of methoxy groups -OCH3 is 2. The number of likely N-dealkylation sites (tertiary alicyclic amines) is 1. The van der Waals surface area contributed by atoms with Gasteiger partial charge in [0.05, 0.1) is 14.2 Å². The SMILES string of the molecule is COc1ccc([C@@]23CC[C@@H](NC(=O)Nc4ccc(SC)cc4)C[C@@H]2N(C)CC3)cc1OC.O=C(O)C(F)(F)F. The molecule has 1 saturated carbocycles. The number of anilines is 1. The van der Waals surface area contributed by atoms with Crippen molar-refractivity contribution in [1.29, 1.82) is 0 Å². The van der Waals surface area contributed by atoms with Gasteiger partial charge in [-0.15, -0.1) is 11.8 Å². The number of hydrogen-bond donors (Lipinski definition) is 3. The van der Waals surface area contributed by atoms with E-state index in [9.17, 15) is 18.0 Å². The normalized spacial score (nSPS) is 22.6. The lowest BCUT2D eigenvalue weighted by Crippen LogP contribution is -2.52. The van der Waals surface area contributed by atoms with Gasteiger partial charge in [0.1, 0.15) is 0 Å². The lowest BCUT2D eigenvalue weighted by molar-refractivity contribution is -0.192.